The zero-order valence-corrected chi connectivity index (χ0v) is 12.9. The number of aliphatic hydroxyl groups is 1. The Labute approximate surface area is 128 Å². The van der Waals surface area contributed by atoms with Gasteiger partial charge in [0.1, 0.15) is 0 Å². The highest BCUT2D eigenvalue weighted by molar-refractivity contribution is 7.89. The molecule has 0 aliphatic heterocycles. The molecule has 1 unspecified atom stereocenters. The van der Waals surface area contributed by atoms with E-state index in [9.17, 15) is 8.42 Å². The number of benzene rings is 1. The zero-order chi connectivity index (χ0) is 15.5. The van der Waals surface area contributed by atoms with Crippen molar-refractivity contribution in [2.45, 2.75) is 24.5 Å². The maximum Gasteiger partial charge on any atom is 0.241 e. The quantitative estimate of drug-likeness (QED) is 0.883. The number of rotatable bonds is 5. The molecule has 5 nitrogen and oxygen atoms in total. The number of sulfonamides is 1. The number of pyridine rings is 1. The summed E-state index contributed by atoms with van der Waals surface area (Å²) < 4.78 is 27.2. The van der Waals surface area contributed by atoms with Crippen molar-refractivity contribution in [2.24, 2.45) is 0 Å². The Kier molecular flexibility index (Phi) is 4.95. The molecule has 0 saturated carbocycles. The van der Waals surface area contributed by atoms with Gasteiger partial charge in [0.2, 0.25) is 10.0 Å². The molecule has 0 saturated heterocycles. The van der Waals surface area contributed by atoms with E-state index in [2.05, 4.69) is 9.71 Å². The molecule has 0 fully saturated rings. The lowest BCUT2D eigenvalue weighted by atomic mass is 10.2. The fraction of sp³-hybridized carbons (Fsp3) is 0.214. The van der Waals surface area contributed by atoms with E-state index in [-0.39, 0.29) is 11.5 Å². The average molecular weight is 327 g/mol. The summed E-state index contributed by atoms with van der Waals surface area (Å²) >= 11 is 5.86. The van der Waals surface area contributed by atoms with Gasteiger partial charge in [0, 0.05) is 23.5 Å². The van der Waals surface area contributed by atoms with Gasteiger partial charge in [-0.05, 0) is 42.3 Å². The van der Waals surface area contributed by atoms with Crippen LogP contribution in [0.5, 0.6) is 0 Å². The van der Waals surface area contributed by atoms with Crippen LogP contribution in [0, 0.1) is 0 Å². The number of nitrogens with one attached hydrogen (secondary N) is 1. The van der Waals surface area contributed by atoms with E-state index in [1.807, 2.05) is 0 Å². The van der Waals surface area contributed by atoms with Gasteiger partial charge < -0.3 is 5.11 Å². The Morgan fingerprint density at radius 3 is 2.76 bits per heavy atom. The minimum atomic E-state index is -3.70. The highest BCUT2D eigenvalue weighted by atomic mass is 35.5. The Hall–Kier alpha value is -1.47. The second-order valence-corrected chi connectivity index (χ2v) is 6.66. The Morgan fingerprint density at radius 2 is 2.14 bits per heavy atom. The maximum absolute atomic E-state index is 12.3. The molecule has 0 amide bonds. The Balaban J connectivity index is 2.26. The third-order valence-corrected chi connectivity index (χ3v) is 4.92. The van der Waals surface area contributed by atoms with Crippen LogP contribution < -0.4 is 4.72 Å². The van der Waals surface area contributed by atoms with Crippen LogP contribution in [0.4, 0.5) is 0 Å². The van der Waals surface area contributed by atoms with Gasteiger partial charge in [-0.15, -0.1) is 0 Å². The van der Waals surface area contributed by atoms with Gasteiger partial charge in [-0.1, -0.05) is 17.7 Å². The van der Waals surface area contributed by atoms with Crippen LogP contribution >= 0.6 is 11.6 Å². The average Bonchev–Trinajstić information content (AvgIpc) is 2.48. The minimum absolute atomic E-state index is 0.0618. The van der Waals surface area contributed by atoms with Crippen LogP contribution in [0.25, 0.3) is 0 Å². The summed E-state index contributed by atoms with van der Waals surface area (Å²) in [5.74, 6) is 0. The van der Waals surface area contributed by atoms with Gasteiger partial charge >= 0.3 is 0 Å². The Morgan fingerprint density at radius 1 is 1.38 bits per heavy atom. The molecule has 21 heavy (non-hydrogen) atoms. The third kappa shape index (κ3) is 3.79. The smallest absolute Gasteiger partial charge is 0.241 e. The summed E-state index contributed by atoms with van der Waals surface area (Å²) in [6.07, 6.45) is 3.23. The van der Waals surface area contributed by atoms with Crippen molar-refractivity contribution in [3.63, 3.8) is 0 Å². The predicted molar refractivity (Wildman–Crippen MR) is 80.3 cm³/mol. The van der Waals surface area contributed by atoms with E-state index >= 15 is 0 Å². The van der Waals surface area contributed by atoms with Crippen LogP contribution in [0.15, 0.2) is 47.6 Å². The number of hydrogen-bond donors (Lipinski definition) is 2. The second kappa shape index (κ2) is 6.53. The highest BCUT2D eigenvalue weighted by Crippen LogP contribution is 2.22. The van der Waals surface area contributed by atoms with Crippen LogP contribution in [-0.4, -0.2) is 18.5 Å². The van der Waals surface area contributed by atoms with Crippen molar-refractivity contribution >= 4 is 21.6 Å². The summed E-state index contributed by atoms with van der Waals surface area (Å²) in [5.41, 5.74) is 1.13. The van der Waals surface area contributed by atoms with Gasteiger partial charge in [-0.2, -0.15) is 0 Å². The van der Waals surface area contributed by atoms with Crippen molar-refractivity contribution in [2.75, 3.05) is 0 Å². The van der Waals surface area contributed by atoms with Crippen molar-refractivity contribution in [1.82, 2.24) is 9.71 Å². The van der Waals surface area contributed by atoms with E-state index in [1.54, 1.807) is 31.5 Å². The van der Waals surface area contributed by atoms with Gasteiger partial charge in [0.25, 0.3) is 0 Å². The lowest BCUT2D eigenvalue weighted by Gasteiger charge is -2.15. The summed E-state index contributed by atoms with van der Waals surface area (Å²) in [7, 11) is -3.70. The largest absolute Gasteiger partial charge is 0.392 e. The van der Waals surface area contributed by atoms with Gasteiger partial charge in [-0.25, -0.2) is 13.1 Å². The molecule has 2 N–H and O–H groups in total. The molecule has 0 spiro atoms. The van der Waals surface area contributed by atoms with Gasteiger partial charge in [0.15, 0.2) is 0 Å². The lowest BCUT2D eigenvalue weighted by Crippen LogP contribution is -2.27. The van der Waals surface area contributed by atoms with Crippen LogP contribution in [0.1, 0.15) is 24.1 Å². The summed E-state index contributed by atoms with van der Waals surface area (Å²) in [5, 5.41) is 9.49. The molecule has 112 valence electrons. The molecule has 1 aromatic heterocycles. The first kappa shape index (κ1) is 15.9. The summed E-state index contributed by atoms with van der Waals surface area (Å²) in [4.78, 5) is 4.02. The topological polar surface area (TPSA) is 79.3 Å². The van der Waals surface area contributed by atoms with Gasteiger partial charge in [-0.3, -0.25) is 4.98 Å². The predicted octanol–water partition coefficient (Wildman–Crippen LogP) is 2.27. The van der Waals surface area contributed by atoms with Crippen molar-refractivity contribution in [3.8, 4) is 0 Å². The van der Waals surface area contributed by atoms with Crippen molar-refractivity contribution in [3.05, 3.63) is 58.9 Å². The SMILES string of the molecule is CC(NS(=O)(=O)c1ccc(Cl)c(CO)c1)c1cccnc1. The molecular formula is C14H15ClN2O3S. The standard InChI is InChI=1S/C14H15ClN2O3S/c1-10(11-3-2-6-16-8-11)17-21(19,20)13-4-5-14(15)12(7-13)9-18/h2-8,10,17-18H,9H2,1H3. The molecule has 2 aromatic rings. The van der Waals surface area contributed by atoms with E-state index < -0.39 is 16.1 Å². The van der Waals surface area contributed by atoms with Crippen LogP contribution in [-0.2, 0) is 16.6 Å². The first-order valence-electron chi connectivity index (χ1n) is 6.25. The van der Waals surface area contributed by atoms with E-state index in [4.69, 9.17) is 16.7 Å². The Bertz CT molecular complexity index is 720. The minimum Gasteiger partial charge on any atom is -0.392 e. The fourth-order valence-electron chi connectivity index (χ4n) is 1.84. The van der Waals surface area contributed by atoms with E-state index in [0.717, 1.165) is 5.56 Å². The molecule has 2 rings (SSSR count). The van der Waals surface area contributed by atoms with E-state index in [0.29, 0.717) is 10.6 Å². The first-order chi connectivity index (χ1) is 9.94. The van der Waals surface area contributed by atoms with Gasteiger partial charge in [0.05, 0.1) is 11.5 Å². The molecular weight excluding hydrogens is 312 g/mol. The number of halogens is 1. The first-order valence-corrected chi connectivity index (χ1v) is 8.11. The number of aromatic nitrogens is 1. The van der Waals surface area contributed by atoms with Crippen molar-refractivity contribution < 1.29 is 13.5 Å². The molecule has 0 aliphatic carbocycles. The van der Waals surface area contributed by atoms with Crippen LogP contribution in [0.3, 0.4) is 0 Å². The van der Waals surface area contributed by atoms with Crippen molar-refractivity contribution in [1.29, 1.82) is 0 Å². The number of aliphatic hydroxyl groups excluding tert-OH is 1. The molecule has 1 aromatic carbocycles. The summed E-state index contributed by atoms with van der Waals surface area (Å²) in [6, 6.07) is 7.33. The molecule has 1 heterocycles. The maximum atomic E-state index is 12.3. The fourth-order valence-corrected chi connectivity index (χ4v) is 3.30. The monoisotopic (exact) mass is 326 g/mol. The highest BCUT2D eigenvalue weighted by Gasteiger charge is 2.19. The number of nitrogens with zero attached hydrogens (tertiary/aromatic N) is 1. The second-order valence-electron chi connectivity index (χ2n) is 4.54. The normalized spacial score (nSPS) is 13.1. The number of hydrogen-bond acceptors (Lipinski definition) is 4. The molecule has 1 atom stereocenters. The molecule has 0 aliphatic rings. The molecule has 0 bridgehead atoms. The van der Waals surface area contributed by atoms with Crippen LogP contribution in [0.2, 0.25) is 5.02 Å². The molecule has 0 radical (unpaired) electrons. The molecule has 7 heteroatoms. The lowest BCUT2D eigenvalue weighted by molar-refractivity contribution is 0.281. The summed E-state index contributed by atoms with van der Waals surface area (Å²) in [6.45, 7) is 1.41. The zero-order valence-electron chi connectivity index (χ0n) is 11.3. The third-order valence-electron chi connectivity index (χ3n) is 3.01. The van der Waals surface area contributed by atoms with E-state index in [1.165, 1.54) is 18.2 Å².